The predicted octanol–water partition coefficient (Wildman–Crippen LogP) is 2.46. The predicted molar refractivity (Wildman–Crippen MR) is 112 cm³/mol. The summed E-state index contributed by atoms with van der Waals surface area (Å²) in [4.78, 5) is 14.0. The molecule has 6 nitrogen and oxygen atoms in total. The fourth-order valence-electron chi connectivity index (χ4n) is 3.98. The molecule has 0 saturated carbocycles. The van der Waals surface area contributed by atoms with Gasteiger partial charge >= 0.3 is 0 Å². The molecule has 0 spiro atoms. The summed E-state index contributed by atoms with van der Waals surface area (Å²) < 4.78 is 5.49. The molecule has 2 saturated heterocycles. The minimum atomic E-state index is 0.635. The van der Waals surface area contributed by atoms with Crippen molar-refractivity contribution in [3.8, 4) is 0 Å². The second kappa shape index (κ2) is 10.4. The molecule has 2 aliphatic heterocycles. The number of thiazole rings is 1. The van der Waals surface area contributed by atoms with Gasteiger partial charge in [0.2, 0.25) is 0 Å². The second-order valence-corrected chi connectivity index (χ2v) is 8.79. The fraction of sp³-hybridized carbons (Fsp3) is 0.800. The van der Waals surface area contributed by atoms with Crippen LogP contribution in [0.4, 0.5) is 0 Å². The number of piperidine rings is 1. The normalized spacial score (nSPS) is 22.3. The molecular formula is C20H35N5OS. The first kappa shape index (κ1) is 20.6. The van der Waals surface area contributed by atoms with Gasteiger partial charge < -0.3 is 15.0 Å². The lowest BCUT2D eigenvalue weighted by molar-refractivity contribution is 0.175. The first-order valence-electron chi connectivity index (χ1n) is 10.3. The van der Waals surface area contributed by atoms with Gasteiger partial charge in [-0.25, -0.2) is 4.98 Å². The Morgan fingerprint density at radius 3 is 2.81 bits per heavy atom. The van der Waals surface area contributed by atoms with Crippen LogP contribution in [0.5, 0.6) is 0 Å². The minimum Gasteiger partial charge on any atom is -0.381 e. The third kappa shape index (κ3) is 6.16. The van der Waals surface area contributed by atoms with E-state index in [0.29, 0.717) is 5.92 Å². The number of likely N-dealkylation sites (tertiary alicyclic amines) is 1. The maximum atomic E-state index is 5.49. The maximum Gasteiger partial charge on any atom is 0.193 e. The molecule has 1 atom stereocenters. The van der Waals surface area contributed by atoms with Gasteiger partial charge in [-0.05, 0) is 44.7 Å². The number of nitrogens with one attached hydrogen (secondary N) is 1. The molecule has 1 aromatic rings. The number of aliphatic imine (C=N–C) groups is 1. The fourth-order valence-corrected chi connectivity index (χ4v) is 4.72. The number of aromatic nitrogens is 1. The third-order valence-corrected chi connectivity index (χ3v) is 6.71. The number of aryl methyl sites for hydroxylation is 1. The number of rotatable bonds is 7. The van der Waals surface area contributed by atoms with Crippen LogP contribution in [0, 0.1) is 11.8 Å². The Balaban J connectivity index is 1.36. The van der Waals surface area contributed by atoms with Gasteiger partial charge in [0.05, 0.1) is 17.3 Å². The maximum absolute atomic E-state index is 5.49. The highest BCUT2D eigenvalue weighted by molar-refractivity contribution is 7.09. The Bertz CT molecular complexity index is 591. The Hall–Kier alpha value is -1.18. The summed E-state index contributed by atoms with van der Waals surface area (Å²) in [6.45, 7) is 9.34. The first-order valence-corrected chi connectivity index (χ1v) is 11.2. The van der Waals surface area contributed by atoms with Crippen LogP contribution in [-0.4, -0.2) is 74.2 Å². The van der Waals surface area contributed by atoms with E-state index >= 15 is 0 Å². The largest absolute Gasteiger partial charge is 0.381 e. The van der Waals surface area contributed by atoms with E-state index in [4.69, 9.17) is 9.72 Å². The van der Waals surface area contributed by atoms with E-state index in [0.717, 1.165) is 51.1 Å². The van der Waals surface area contributed by atoms with Crippen LogP contribution in [-0.2, 0) is 17.7 Å². The second-order valence-electron chi connectivity index (χ2n) is 7.84. The molecule has 0 aromatic carbocycles. The zero-order valence-electron chi connectivity index (χ0n) is 17.1. The van der Waals surface area contributed by atoms with Crippen LogP contribution in [0.25, 0.3) is 0 Å². The van der Waals surface area contributed by atoms with Gasteiger partial charge in [0.1, 0.15) is 0 Å². The molecule has 152 valence electrons. The van der Waals surface area contributed by atoms with Crippen LogP contribution < -0.4 is 5.32 Å². The van der Waals surface area contributed by atoms with E-state index in [1.165, 1.54) is 43.1 Å². The molecule has 7 heteroatoms. The van der Waals surface area contributed by atoms with E-state index < -0.39 is 0 Å². The molecule has 0 amide bonds. The molecule has 1 N–H and O–H groups in total. The lowest BCUT2D eigenvalue weighted by Gasteiger charge is -2.32. The van der Waals surface area contributed by atoms with Crippen molar-refractivity contribution in [1.82, 2.24) is 20.1 Å². The smallest absolute Gasteiger partial charge is 0.193 e. The van der Waals surface area contributed by atoms with Crippen LogP contribution in [0.1, 0.15) is 36.9 Å². The number of nitrogens with zero attached hydrogens (tertiary/aromatic N) is 4. The van der Waals surface area contributed by atoms with Crippen molar-refractivity contribution in [2.75, 3.05) is 53.5 Å². The Morgan fingerprint density at radius 2 is 2.19 bits per heavy atom. The van der Waals surface area contributed by atoms with Crippen molar-refractivity contribution < 1.29 is 4.74 Å². The summed E-state index contributed by atoms with van der Waals surface area (Å²) in [6.07, 6.45) is 4.70. The number of ether oxygens (including phenoxy) is 1. The summed E-state index contributed by atoms with van der Waals surface area (Å²) >= 11 is 1.79. The summed E-state index contributed by atoms with van der Waals surface area (Å²) in [6, 6.07) is 0. The summed E-state index contributed by atoms with van der Waals surface area (Å²) in [5.41, 5.74) is 1.24. The molecule has 27 heavy (non-hydrogen) atoms. The summed E-state index contributed by atoms with van der Waals surface area (Å²) in [5.74, 6) is 2.37. The topological polar surface area (TPSA) is 53.0 Å². The lowest BCUT2D eigenvalue weighted by Crippen LogP contribution is -2.44. The zero-order chi connectivity index (χ0) is 19.1. The van der Waals surface area contributed by atoms with Gasteiger partial charge in [-0.15, -0.1) is 11.3 Å². The number of hydrogen-bond donors (Lipinski definition) is 1. The molecule has 3 rings (SSSR count). The number of guanidine groups is 1. The van der Waals surface area contributed by atoms with Crippen molar-refractivity contribution in [2.24, 2.45) is 16.8 Å². The van der Waals surface area contributed by atoms with Crippen LogP contribution in [0.3, 0.4) is 0 Å². The highest BCUT2D eigenvalue weighted by Gasteiger charge is 2.22. The molecule has 0 radical (unpaired) electrons. The highest BCUT2D eigenvalue weighted by atomic mass is 32.1. The van der Waals surface area contributed by atoms with Crippen LogP contribution >= 0.6 is 11.3 Å². The minimum absolute atomic E-state index is 0.635. The average Bonchev–Trinajstić information content (AvgIpc) is 3.35. The standard InChI is InChI=1S/C20H35N5OS/c1-4-19-23-18(15-27-19)13-25-8-5-16(6-9-25)11-22-20(21-2)24(3)12-17-7-10-26-14-17/h15-17H,4-14H2,1-3H3,(H,21,22). The van der Waals surface area contributed by atoms with E-state index in [1.54, 1.807) is 11.3 Å². The number of hydrogen-bond acceptors (Lipinski definition) is 5. The Morgan fingerprint density at radius 1 is 1.37 bits per heavy atom. The van der Waals surface area contributed by atoms with Gasteiger partial charge in [0.15, 0.2) is 5.96 Å². The molecule has 0 bridgehead atoms. The highest BCUT2D eigenvalue weighted by Crippen LogP contribution is 2.20. The Labute approximate surface area is 168 Å². The Kier molecular flexibility index (Phi) is 7.91. The van der Waals surface area contributed by atoms with E-state index in [2.05, 4.69) is 39.5 Å². The molecule has 0 aliphatic carbocycles. The summed E-state index contributed by atoms with van der Waals surface area (Å²) in [5, 5.41) is 7.07. The van der Waals surface area contributed by atoms with Crippen LogP contribution in [0.2, 0.25) is 0 Å². The van der Waals surface area contributed by atoms with Crippen molar-refractivity contribution in [3.63, 3.8) is 0 Å². The van der Waals surface area contributed by atoms with Crippen molar-refractivity contribution in [1.29, 1.82) is 0 Å². The van der Waals surface area contributed by atoms with Gasteiger partial charge in [0.25, 0.3) is 0 Å². The SMILES string of the molecule is CCc1nc(CN2CCC(CNC(=NC)N(C)CC3CCOC3)CC2)cs1. The van der Waals surface area contributed by atoms with Gasteiger partial charge in [-0.1, -0.05) is 6.92 Å². The van der Waals surface area contributed by atoms with Crippen molar-refractivity contribution >= 4 is 17.3 Å². The third-order valence-electron chi connectivity index (χ3n) is 5.67. The monoisotopic (exact) mass is 393 g/mol. The average molecular weight is 394 g/mol. The van der Waals surface area contributed by atoms with E-state index in [9.17, 15) is 0 Å². The van der Waals surface area contributed by atoms with Crippen molar-refractivity contribution in [3.05, 3.63) is 16.1 Å². The van der Waals surface area contributed by atoms with E-state index in [1.807, 2.05) is 7.05 Å². The van der Waals surface area contributed by atoms with Crippen LogP contribution in [0.15, 0.2) is 10.4 Å². The molecule has 2 fully saturated rings. The van der Waals surface area contributed by atoms with Crippen molar-refractivity contribution in [2.45, 2.75) is 39.2 Å². The molecule has 3 heterocycles. The summed E-state index contributed by atoms with van der Waals surface area (Å²) in [7, 11) is 4.01. The first-order chi connectivity index (χ1) is 13.2. The van der Waals surface area contributed by atoms with Gasteiger partial charge in [-0.2, -0.15) is 0 Å². The quantitative estimate of drug-likeness (QED) is 0.570. The van der Waals surface area contributed by atoms with Gasteiger partial charge in [0, 0.05) is 51.6 Å². The van der Waals surface area contributed by atoms with E-state index in [-0.39, 0.29) is 0 Å². The van der Waals surface area contributed by atoms with Gasteiger partial charge in [-0.3, -0.25) is 9.89 Å². The lowest BCUT2D eigenvalue weighted by atomic mass is 9.97. The molecule has 2 aliphatic rings. The molecule has 1 aromatic heterocycles. The molecule has 1 unspecified atom stereocenters. The zero-order valence-corrected chi connectivity index (χ0v) is 17.9. The molecular weight excluding hydrogens is 358 g/mol.